The first-order chi connectivity index (χ1) is 9.24. The number of nitrogens with one attached hydrogen (secondary N) is 1. The molecular weight excluding hydrogens is 236 g/mol. The number of hydrogen-bond donors (Lipinski definition) is 1. The minimum Gasteiger partial charge on any atom is -0.313 e. The topological polar surface area (TPSA) is 31.4 Å². The molecule has 0 spiro atoms. The van der Waals surface area contributed by atoms with Gasteiger partial charge in [0.2, 0.25) is 0 Å². The van der Waals surface area contributed by atoms with Crippen LogP contribution in [0.4, 0.5) is 0 Å². The summed E-state index contributed by atoms with van der Waals surface area (Å²) < 4.78 is 0. The highest BCUT2D eigenvalue weighted by Gasteiger charge is 2.18. The van der Waals surface area contributed by atoms with E-state index in [1.807, 2.05) is 12.4 Å². The maximum absolute atomic E-state index is 4.07. The zero-order valence-electron chi connectivity index (χ0n) is 12.2. The predicted octanol–water partition coefficient (Wildman–Crippen LogP) is 1.20. The Hall–Kier alpha value is -0.970. The first-order valence-electron chi connectivity index (χ1n) is 7.23. The molecular formula is C15H26N4. The molecule has 0 bridgehead atoms. The maximum Gasteiger partial charge on any atom is 0.0271 e. The summed E-state index contributed by atoms with van der Waals surface area (Å²) in [5.74, 6) is 0. The van der Waals surface area contributed by atoms with Gasteiger partial charge in [0, 0.05) is 38.1 Å². The van der Waals surface area contributed by atoms with E-state index < -0.39 is 0 Å². The SMILES string of the molecule is CN(C)CCNC1CCN(Cc2ccncc2)CC1. The van der Waals surface area contributed by atoms with Gasteiger partial charge in [-0.2, -0.15) is 0 Å². The molecule has 0 aliphatic carbocycles. The Morgan fingerprint density at radius 2 is 1.95 bits per heavy atom. The second-order valence-corrected chi connectivity index (χ2v) is 5.66. The van der Waals surface area contributed by atoms with Gasteiger partial charge in [-0.25, -0.2) is 0 Å². The van der Waals surface area contributed by atoms with E-state index in [1.54, 1.807) is 0 Å². The molecule has 1 fully saturated rings. The van der Waals surface area contributed by atoms with Crippen LogP contribution in [-0.4, -0.2) is 61.1 Å². The predicted molar refractivity (Wildman–Crippen MR) is 79.1 cm³/mol. The van der Waals surface area contributed by atoms with Crippen molar-refractivity contribution in [2.24, 2.45) is 0 Å². The van der Waals surface area contributed by atoms with E-state index in [4.69, 9.17) is 0 Å². The van der Waals surface area contributed by atoms with Gasteiger partial charge < -0.3 is 10.2 Å². The molecule has 1 aromatic rings. The van der Waals surface area contributed by atoms with Crippen molar-refractivity contribution in [3.8, 4) is 0 Å². The monoisotopic (exact) mass is 262 g/mol. The highest BCUT2D eigenvalue weighted by atomic mass is 15.1. The van der Waals surface area contributed by atoms with Crippen molar-refractivity contribution in [2.75, 3.05) is 40.3 Å². The van der Waals surface area contributed by atoms with E-state index in [9.17, 15) is 0 Å². The summed E-state index contributed by atoms with van der Waals surface area (Å²) in [5, 5.41) is 3.66. The Labute approximate surface area is 116 Å². The van der Waals surface area contributed by atoms with E-state index in [0.29, 0.717) is 6.04 Å². The van der Waals surface area contributed by atoms with Gasteiger partial charge in [-0.15, -0.1) is 0 Å². The molecule has 2 heterocycles. The van der Waals surface area contributed by atoms with E-state index in [1.165, 1.54) is 31.5 Å². The van der Waals surface area contributed by atoms with Gasteiger partial charge in [-0.05, 0) is 57.7 Å². The van der Waals surface area contributed by atoms with Crippen molar-refractivity contribution < 1.29 is 0 Å². The summed E-state index contributed by atoms with van der Waals surface area (Å²) in [4.78, 5) is 8.83. The van der Waals surface area contributed by atoms with Gasteiger partial charge >= 0.3 is 0 Å². The van der Waals surface area contributed by atoms with E-state index >= 15 is 0 Å². The summed E-state index contributed by atoms with van der Waals surface area (Å²) in [6, 6.07) is 4.93. The maximum atomic E-state index is 4.07. The summed E-state index contributed by atoms with van der Waals surface area (Å²) >= 11 is 0. The molecule has 1 aliphatic rings. The second-order valence-electron chi connectivity index (χ2n) is 5.66. The van der Waals surface area contributed by atoms with Crippen LogP contribution >= 0.6 is 0 Å². The Bertz CT molecular complexity index is 344. The van der Waals surface area contributed by atoms with Crippen molar-refractivity contribution in [3.63, 3.8) is 0 Å². The number of likely N-dealkylation sites (N-methyl/N-ethyl adjacent to an activating group) is 1. The molecule has 1 aromatic heterocycles. The Kier molecular flexibility index (Phi) is 5.76. The molecule has 2 rings (SSSR count). The van der Waals surface area contributed by atoms with Crippen LogP contribution in [0.1, 0.15) is 18.4 Å². The molecule has 0 atom stereocenters. The molecule has 0 radical (unpaired) electrons. The van der Waals surface area contributed by atoms with Gasteiger partial charge in [0.15, 0.2) is 0 Å². The quantitative estimate of drug-likeness (QED) is 0.835. The fourth-order valence-corrected chi connectivity index (χ4v) is 2.53. The minimum atomic E-state index is 0.702. The smallest absolute Gasteiger partial charge is 0.0271 e. The van der Waals surface area contributed by atoms with E-state index in [-0.39, 0.29) is 0 Å². The van der Waals surface area contributed by atoms with Crippen LogP contribution < -0.4 is 5.32 Å². The molecule has 0 aromatic carbocycles. The molecule has 106 valence electrons. The number of rotatable bonds is 6. The summed E-state index contributed by atoms with van der Waals surface area (Å²) in [6.45, 7) is 5.68. The fourth-order valence-electron chi connectivity index (χ4n) is 2.53. The van der Waals surface area contributed by atoms with Gasteiger partial charge in [-0.1, -0.05) is 0 Å². The van der Waals surface area contributed by atoms with Crippen LogP contribution in [0.3, 0.4) is 0 Å². The number of hydrogen-bond acceptors (Lipinski definition) is 4. The van der Waals surface area contributed by atoms with Crippen molar-refractivity contribution in [2.45, 2.75) is 25.4 Å². The Morgan fingerprint density at radius 1 is 1.26 bits per heavy atom. The number of likely N-dealkylation sites (tertiary alicyclic amines) is 1. The van der Waals surface area contributed by atoms with Gasteiger partial charge in [0.1, 0.15) is 0 Å². The third-order valence-corrected chi connectivity index (χ3v) is 3.74. The zero-order valence-corrected chi connectivity index (χ0v) is 12.2. The standard InChI is InChI=1S/C15H26N4/c1-18(2)12-9-17-15-5-10-19(11-6-15)13-14-3-7-16-8-4-14/h3-4,7-8,15,17H,5-6,9-13H2,1-2H3. The molecule has 4 nitrogen and oxygen atoms in total. The third kappa shape index (κ3) is 5.27. The van der Waals surface area contributed by atoms with Crippen LogP contribution in [0.2, 0.25) is 0 Å². The molecule has 4 heteroatoms. The lowest BCUT2D eigenvalue weighted by Crippen LogP contribution is -2.43. The number of aromatic nitrogens is 1. The lowest BCUT2D eigenvalue weighted by Gasteiger charge is -2.32. The highest BCUT2D eigenvalue weighted by Crippen LogP contribution is 2.13. The average Bonchev–Trinajstić information content (AvgIpc) is 2.42. The van der Waals surface area contributed by atoms with Crippen LogP contribution in [0.15, 0.2) is 24.5 Å². The van der Waals surface area contributed by atoms with Crippen molar-refractivity contribution in [1.29, 1.82) is 0 Å². The summed E-state index contributed by atoms with van der Waals surface area (Å²) in [6.07, 6.45) is 6.28. The molecule has 0 saturated carbocycles. The largest absolute Gasteiger partial charge is 0.313 e. The highest BCUT2D eigenvalue weighted by molar-refractivity contribution is 5.09. The Morgan fingerprint density at radius 3 is 2.58 bits per heavy atom. The van der Waals surface area contributed by atoms with Gasteiger partial charge in [-0.3, -0.25) is 9.88 Å². The number of pyridine rings is 1. The lowest BCUT2D eigenvalue weighted by atomic mass is 10.0. The summed E-state index contributed by atoms with van der Waals surface area (Å²) in [5.41, 5.74) is 1.37. The van der Waals surface area contributed by atoms with Crippen LogP contribution in [0.5, 0.6) is 0 Å². The summed E-state index contributed by atoms with van der Waals surface area (Å²) in [7, 11) is 4.25. The molecule has 1 N–H and O–H groups in total. The number of piperidine rings is 1. The molecule has 1 saturated heterocycles. The number of nitrogens with zero attached hydrogens (tertiary/aromatic N) is 3. The van der Waals surface area contributed by atoms with Crippen molar-refractivity contribution >= 4 is 0 Å². The molecule has 0 amide bonds. The van der Waals surface area contributed by atoms with Crippen molar-refractivity contribution in [1.82, 2.24) is 20.1 Å². The van der Waals surface area contributed by atoms with E-state index in [2.05, 4.69) is 46.3 Å². The van der Waals surface area contributed by atoms with E-state index in [0.717, 1.165) is 19.6 Å². The molecule has 19 heavy (non-hydrogen) atoms. The van der Waals surface area contributed by atoms with Gasteiger partial charge in [0.25, 0.3) is 0 Å². The van der Waals surface area contributed by atoms with Crippen LogP contribution in [-0.2, 0) is 6.54 Å². The van der Waals surface area contributed by atoms with Crippen molar-refractivity contribution in [3.05, 3.63) is 30.1 Å². The van der Waals surface area contributed by atoms with Crippen LogP contribution in [0, 0.1) is 0 Å². The van der Waals surface area contributed by atoms with Gasteiger partial charge in [0.05, 0.1) is 0 Å². The minimum absolute atomic E-state index is 0.702. The molecule has 0 unspecified atom stereocenters. The second kappa shape index (κ2) is 7.58. The lowest BCUT2D eigenvalue weighted by molar-refractivity contribution is 0.189. The third-order valence-electron chi connectivity index (χ3n) is 3.74. The van der Waals surface area contributed by atoms with Crippen LogP contribution in [0.25, 0.3) is 0 Å². The fraction of sp³-hybridized carbons (Fsp3) is 0.667. The zero-order chi connectivity index (χ0) is 13.5. The average molecular weight is 262 g/mol. The Balaban J connectivity index is 1.65. The first-order valence-corrected chi connectivity index (χ1v) is 7.23. The normalized spacial score (nSPS) is 18.1. The molecule has 1 aliphatic heterocycles. The first kappa shape index (κ1) is 14.4.